The predicted molar refractivity (Wildman–Crippen MR) is 116 cm³/mol. The molecular formula is C25H27FO4. The number of unbranched alkanes of at least 4 members (excludes halogenated alkanes) is 3. The van der Waals surface area contributed by atoms with Gasteiger partial charge in [-0.1, -0.05) is 26.2 Å². The van der Waals surface area contributed by atoms with Crippen molar-refractivity contribution >= 4 is 16.8 Å². The van der Waals surface area contributed by atoms with Crippen molar-refractivity contribution in [3.63, 3.8) is 0 Å². The molecule has 0 aliphatic rings. The third kappa shape index (κ3) is 4.78. The fourth-order valence-corrected chi connectivity index (χ4v) is 3.61. The van der Waals surface area contributed by atoms with Crippen LogP contribution in [0.25, 0.3) is 11.0 Å². The van der Waals surface area contributed by atoms with Crippen molar-refractivity contribution in [2.24, 2.45) is 0 Å². The monoisotopic (exact) mass is 410 g/mol. The Balaban J connectivity index is 1.80. The average Bonchev–Trinajstić information content (AvgIpc) is 2.73. The molecule has 0 atom stereocenters. The van der Waals surface area contributed by atoms with Gasteiger partial charge in [0.15, 0.2) is 12.4 Å². The molecule has 0 saturated heterocycles. The second kappa shape index (κ2) is 9.70. The summed E-state index contributed by atoms with van der Waals surface area (Å²) in [5, 5.41) is 0.884. The molecule has 3 rings (SSSR count). The van der Waals surface area contributed by atoms with E-state index in [2.05, 4.69) is 6.92 Å². The number of hydrogen-bond acceptors (Lipinski definition) is 4. The first-order chi connectivity index (χ1) is 14.4. The number of benzene rings is 2. The van der Waals surface area contributed by atoms with Crippen LogP contribution in [-0.2, 0) is 6.42 Å². The smallest absolute Gasteiger partial charge is 0.339 e. The number of halogens is 1. The summed E-state index contributed by atoms with van der Waals surface area (Å²) in [5.41, 5.74) is 2.91. The van der Waals surface area contributed by atoms with E-state index in [4.69, 9.17) is 9.15 Å². The lowest BCUT2D eigenvalue weighted by Gasteiger charge is -2.13. The molecule has 0 N–H and O–H groups in total. The molecule has 30 heavy (non-hydrogen) atoms. The Kier molecular flexibility index (Phi) is 7.03. The van der Waals surface area contributed by atoms with E-state index in [1.807, 2.05) is 19.9 Å². The summed E-state index contributed by atoms with van der Waals surface area (Å²) in [5.74, 6) is -0.168. The lowest BCUT2D eigenvalue weighted by atomic mass is 9.99. The van der Waals surface area contributed by atoms with E-state index in [-0.39, 0.29) is 18.0 Å². The van der Waals surface area contributed by atoms with Crippen LogP contribution in [-0.4, -0.2) is 12.4 Å². The summed E-state index contributed by atoms with van der Waals surface area (Å²) in [6.07, 6.45) is 5.09. The van der Waals surface area contributed by atoms with E-state index < -0.39 is 5.82 Å². The first kappa shape index (κ1) is 21.8. The minimum absolute atomic E-state index is 0.184. The van der Waals surface area contributed by atoms with Crippen molar-refractivity contribution in [1.29, 1.82) is 0 Å². The van der Waals surface area contributed by atoms with Gasteiger partial charge in [0, 0.05) is 22.1 Å². The molecule has 0 radical (unpaired) electrons. The second-order valence-corrected chi connectivity index (χ2v) is 7.59. The van der Waals surface area contributed by atoms with Gasteiger partial charge in [0.1, 0.15) is 17.1 Å². The van der Waals surface area contributed by atoms with Crippen LogP contribution in [0.3, 0.4) is 0 Å². The van der Waals surface area contributed by atoms with E-state index in [1.165, 1.54) is 24.3 Å². The maximum Gasteiger partial charge on any atom is 0.339 e. The predicted octanol–water partition coefficient (Wildman–Crippen LogP) is 5.93. The molecule has 158 valence electrons. The van der Waals surface area contributed by atoms with Crippen molar-refractivity contribution in [3.8, 4) is 5.75 Å². The van der Waals surface area contributed by atoms with Gasteiger partial charge >= 0.3 is 5.63 Å². The first-order valence-corrected chi connectivity index (χ1v) is 10.4. The highest BCUT2D eigenvalue weighted by Gasteiger charge is 2.16. The molecule has 0 aliphatic heterocycles. The number of aryl methyl sites for hydroxylation is 2. The molecule has 0 aliphatic carbocycles. The summed E-state index contributed by atoms with van der Waals surface area (Å²) in [6.45, 7) is 5.73. The molecule has 0 unspecified atom stereocenters. The van der Waals surface area contributed by atoms with Crippen LogP contribution in [0.1, 0.15) is 59.7 Å². The minimum atomic E-state index is -0.395. The zero-order valence-corrected chi connectivity index (χ0v) is 17.7. The van der Waals surface area contributed by atoms with E-state index in [9.17, 15) is 14.0 Å². The maximum absolute atomic E-state index is 13.0. The third-order valence-corrected chi connectivity index (χ3v) is 5.46. The molecule has 0 bridgehead atoms. The van der Waals surface area contributed by atoms with Crippen LogP contribution in [0.2, 0.25) is 0 Å². The van der Waals surface area contributed by atoms with Gasteiger partial charge in [0.2, 0.25) is 0 Å². The standard InChI is InChI=1S/C25H27FO4/c1-4-5-6-7-8-21-16(2)20-13-14-23(17(3)24(20)30-25(21)28)29-15-22(27)18-9-11-19(26)12-10-18/h9-14H,4-8,15H2,1-3H3. The molecule has 0 saturated carbocycles. The van der Waals surface area contributed by atoms with Gasteiger partial charge in [-0.05, 0) is 68.7 Å². The van der Waals surface area contributed by atoms with Crippen LogP contribution < -0.4 is 10.4 Å². The van der Waals surface area contributed by atoms with Gasteiger partial charge in [0.25, 0.3) is 0 Å². The van der Waals surface area contributed by atoms with Crippen LogP contribution >= 0.6 is 0 Å². The Labute approximate surface area is 175 Å². The number of fused-ring (bicyclic) bond motifs is 1. The van der Waals surface area contributed by atoms with Crippen LogP contribution in [0.5, 0.6) is 5.75 Å². The zero-order chi connectivity index (χ0) is 21.7. The fraction of sp³-hybridized carbons (Fsp3) is 0.360. The lowest BCUT2D eigenvalue weighted by Crippen LogP contribution is -2.13. The summed E-state index contributed by atoms with van der Waals surface area (Å²) in [7, 11) is 0. The first-order valence-electron chi connectivity index (χ1n) is 10.4. The highest BCUT2D eigenvalue weighted by molar-refractivity contribution is 5.97. The average molecular weight is 410 g/mol. The van der Waals surface area contributed by atoms with E-state index in [0.29, 0.717) is 28.9 Å². The number of hydrogen-bond donors (Lipinski definition) is 0. The Morgan fingerprint density at radius 3 is 2.43 bits per heavy atom. The van der Waals surface area contributed by atoms with Crippen molar-refractivity contribution in [2.75, 3.05) is 6.61 Å². The Morgan fingerprint density at radius 2 is 1.73 bits per heavy atom. The number of ether oxygens (including phenoxy) is 1. The van der Waals surface area contributed by atoms with Gasteiger partial charge in [-0.3, -0.25) is 4.79 Å². The quantitative estimate of drug-likeness (QED) is 0.249. The number of ketones is 1. The topological polar surface area (TPSA) is 56.5 Å². The normalized spacial score (nSPS) is 11.1. The highest BCUT2D eigenvalue weighted by atomic mass is 19.1. The molecule has 0 fully saturated rings. The molecule has 1 aromatic heterocycles. The van der Waals surface area contributed by atoms with Gasteiger partial charge in [-0.15, -0.1) is 0 Å². The molecule has 1 heterocycles. The molecular weight excluding hydrogens is 383 g/mol. The minimum Gasteiger partial charge on any atom is -0.485 e. The van der Waals surface area contributed by atoms with Crippen LogP contribution in [0.4, 0.5) is 4.39 Å². The largest absolute Gasteiger partial charge is 0.485 e. The fourth-order valence-electron chi connectivity index (χ4n) is 3.61. The zero-order valence-electron chi connectivity index (χ0n) is 17.7. The number of carbonyl (C=O) groups excluding carboxylic acids is 1. The Morgan fingerprint density at radius 1 is 1.00 bits per heavy atom. The third-order valence-electron chi connectivity index (χ3n) is 5.46. The van der Waals surface area contributed by atoms with Gasteiger partial charge in [-0.2, -0.15) is 0 Å². The van der Waals surface area contributed by atoms with Crippen molar-refractivity contribution < 1.29 is 18.3 Å². The van der Waals surface area contributed by atoms with E-state index >= 15 is 0 Å². The number of carbonyl (C=O) groups is 1. The van der Waals surface area contributed by atoms with Gasteiger partial charge in [-0.25, -0.2) is 9.18 Å². The van der Waals surface area contributed by atoms with Gasteiger partial charge < -0.3 is 9.15 Å². The molecule has 3 aromatic rings. The number of Topliss-reactive ketones (excluding diaryl/α,β-unsaturated/α-hetero) is 1. The summed E-state index contributed by atoms with van der Waals surface area (Å²) < 4.78 is 24.4. The summed E-state index contributed by atoms with van der Waals surface area (Å²) in [6, 6.07) is 9.01. The van der Waals surface area contributed by atoms with Crippen LogP contribution in [0, 0.1) is 19.7 Å². The van der Waals surface area contributed by atoms with E-state index in [1.54, 1.807) is 6.07 Å². The van der Waals surface area contributed by atoms with Crippen molar-refractivity contribution in [1.82, 2.24) is 0 Å². The maximum atomic E-state index is 13.0. The Bertz CT molecular complexity index is 1100. The second-order valence-electron chi connectivity index (χ2n) is 7.59. The van der Waals surface area contributed by atoms with Crippen LogP contribution in [0.15, 0.2) is 45.6 Å². The van der Waals surface area contributed by atoms with E-state index in [0.717, 1.165) is 42.2 Å². The van der Waals surface area contributed by atoms with Crippen molar-refractivity contribution in [2.45, 2.75) is 52.9 Å². The SMILES string of the molecule is CCCCCCc1c(C)c2ccc(OCC(=O)c3ccc(F)cc3)c(C)c2oc1=O. The summed E-state index contributed by atoms with van der Waals surface area (Å²) >= 11 is 0. The van der Waals surface area contributed by atoms with Gasteiger partial charge in [0.05, 0.1) is 0 Å². The summed E-state index contributed by atoms with van der Waals surface area (Å²) in [4.78, 5) is 24.9. The molecule has 2 aromatic carbocycles. The Hall–Kier alpha value is -2.95. The highest BCUT2D eigenvalue weighted by Crippen LogP contribution is 2.30. The lowest BCUT2D eigenvalue weighted by molar-refractivity contribution is 0.0921. The molecule has 0 amide bonds. The molecule has 4 nitrogen and oxygen atoms in total. The number of rotatable bonds is 9. The van der Waals surface area contributed by atoms with Crippen molar-refractivity contribution in [3.05, 3.63) is 74.9 Å². The molecule has 0 spiro atoms. The molecule has 5 heteroatoms.